The molecular weight excluding hydrogens is 284 g/mol. The van der Waals surface area contributed by atoms with Crippen molar-refractivity contribution in [3.05, 3.63) is 24.5 Å². The highest BCUT2D eigenvalue weighted by molar-refractivity contribution is 5.85. The quantitative estimate of drug-likeness (QED) is 0.753. The number of hydrogen-bond donors (Lipinski definition) is 0. The summed E-state index contributed by atoms with van der Waals surface area (Å²) in [5, 5.41) is 0. The van der Waals surface area contributed by atoms with Gasteiger partial charge in [-0.3, -0.25) is 14.6 Å². The number of amides is 2. The van der Waals surface area contributed by atoms with Crippen LogP contribution in [0, 0.1) is 0 Å². The van der Waals surface area contributed by atoms with Gasteiger partial charge in [-0.25, -0.2) is 0 Å². The second-order valence-electron chi connectivity index (χ2n) is 5.40. The van der Waals surface area contributed by atoms with Crippen LogP contribution in [0.15, 0.2) is 24.5 Å². The van der Waals surface area contributed by atoms with Crippen LogP contribution in [0.2, 0.25) is 0 Å². The van der Waals surface area contributed by atoms with E-state index in [4.69, 9.17) is 4.74 Å². The predicted molar refractivity (Wildman–Crippen MR) is 80.0 cm³/mol. The fourth-order valence-corrected chi connectivity index (χ4v) is 2.87. The normalized spacial score (nSPS) is 22.5. The van der Waals surface area contributed by atoms with E-state index in [2.05, 4.69) is 9.88 Å². The summed E-state index contributed by atoms with van der Waals surface area (Å²) in [6.07, 6.45) is 5.40. The maximum Gasteiger partial charge on any atom is 0.312 e. The first-order valence-corrected chi connectivity index (χ1v) is 7.45. The number of carbonyl (C=O) groups excluding carboxylic acids is 2. The molecule has 1 unspecified atom stereocenters. The topological polar surface area (TPSA) is 66.0 Å². The largest absolute Gasteiger partial charge is 0.378 e. The SMILES string of the molecule is O=[C]N1CCN(c2cccnc2)CC1C(=O)N1CCOCC1. The van der Waals surface area contributed by atoms with Crippen molar-refractivity contribution in [1.29, 1.82) is 0 Å². The average molecular weight is 303 g/mol. The molecule has 2 fully saturated rings. The van der Waals surface area contributed by atoms with E-state index >= 15 is 0 Å². The summed E-state index contributed by atoms with van der Waals surface area (Å²) in [4.78, 5) is 33.3. The van der Waals surface area contributed by atoms with E-state index in [9.17, 15) is 9.59 Å². The minimum atomic E-state index is -0.496. The Bertz CT molecular complexity index is 519. The number of morpholine rings is 1. The lowest BCUT2D eigenvalue weighted by Gasteiger charge is -2.41. The van der Waals surface area contributed by atoms with Gasteiger partial charge in [0.25, 0.3) is 0 Å². The van der Waals surface area contributed by atoms with E-state index in [1.807, 2.05) is 18.5 Å². The third kappa shape index (κ3) is 3.04. The Morgan fingerprint density at radius 3 is 2.77 bits per heavy atom. The molecule has 117 valence electrons. The Morgan fingerprint density at radius 2 is 2.09 bits per heavy atom. The minimum absolute atomic E-state index is 0.0276. The van der Waals surface area contributed by atoms with Crippen LogP contribution in [-0.4, -0.2) is 79.1 Å². The van der Waals surface area contributed by atoms with Crippen LogP contribution in [-0.2, 0) is 14.3 Å². The van der Waals surface area contributed by atoms with Crippen molar-refractivity contribution in [1.82, 2.24) is 14.8 Å². The number of pyridine rings is 1. The van der Waals surface area contributed by atoms with Gasteiger partial charge in [-0.1, -0.05) is 0 Å². The van der Waals surface area contributed by atoms with Gasteiger partial charge in [0.15, 0.2) is 0 Å². The molecule has 2 amide bonds. The van der Waals surface area contributed by atoms with Crippen molar-refractivity contribution < 1.29 is 14.3 Å². The van der Waals surface area contributed by atoms with Crippen LogP contribution in [0.5, 0.6) is 0 Å². The highest BCUT2D eigenvalue weighted by atomic mass is 16.5. The smallest absolute Gasteiger partial charge is 0.312 e. The van der Waals surface area contributed by atoms with Gasteiger partial charge in [-0.05, 0) is 12.1 Å². The summed E-state index contributed by atoms with van der Waals surface area (Å²) in [5.74, 6) is -0.0276. The molecule has 0 N–H and O–H groups in total. The summed E-state index contributed by atoms with van der Waals surface area (Å²) in [7, 11) is 0. The molecule has 3 rings (SSSR count). The number of aromatic nitrogens is 1. The lowest BCUT2D eigenvalue weighted by Crippen LogP contribution is -2.60. The third-order valence-corrected chi connectivity index (χ3v) is 4.12. The van der Waals surface area contributed by atoms with Crippen LogP contribution in [0.25, 0.3) is 0 Å². The number of nitrogens with zero attached hydrogens (tertiary/aromatic N) is 4. The van der Waals surface area contributed by atoms with Crippen molar-refractivity contribution in [2.24, 2.45) is 0 Å². The lowest BCUT2D eigenvalue weighted by molar-refractivity contribution is -0.139. The number of ether oxygens (including phenoxy) is 1. The molecule has 7 heteroatoms. The number of hydrogen-bond acceptors (Lipinski definition) is 5. The van der Waals surface area contributed by atoms with Gasteiger partial charge < -0.3 is 19.4 Å². The molecule has 3 heterocycles. The highest BCUT2D eigenvalue weighted by Gasteiger charge is 2.35. The van der Waals surface area contributed by atoms with Crippen molar-refractivity contribution in [3.63, 3.8) is 0 Å². The van der Waals surface area contributed by atoms with Gasteiger partial charge in [0, 0.05) is 38.9 Å². The minimum Gasteiger partial charge on any atom is -0.378 e. The molecule has 1 aromatic rings. The fourth-order valence-electron chi connectivity index (χ4n) is 2.87. The van der Waals surface area contributed by atoms with Crippen LogP contribution in [0.1, 0.15) is 0 Å². The lowest BCUT2D eigenvalue weighted by atomic mass is 10.1. The Kier molecular flexibility index (Phi) is 4.53. The van der Waals surface area contributed by atoms with E-state index in [0.717, 1.165) is 5.69 Å². The number of anilines is 1. The molecule has 0 bridgehead atoms. The molecule has 2 aliphatic rings. The van der Waals surface area contributed by atoms with Crippen molar-refractivity contribution in [3.8, 4) is 0 Å². The van der Waals surface area contributed by atoms with Gasteiger partial charge in [0.2, 0.25) is 5.91 Å². The van der Waals surface area contributed by atoms with Crippen molar-refractivity contribution >= 4 is 18.0 Å². The van der Waals surface area contributed by atoms with E-state index in [-0.39, 0.29) is 5.91 Å². The van der Waals surface area contributed by atoms with Crippen molar-refractivity contribution in [2.45, 2.75) is 6.04 Å². The molecule has 1 atom stereocenters. The summed E-state index contributed by atoms with van der Waals surface area (Å²) in [6.45, 7) is 3.89. The fraction of sp³-hybridized carbons (Fsp3) is 0.533. The monoisotopic (exact) mass is 303 g/mol. The van der Waals surface area contributed by atoms with Gasteiger partial charge >= 0.3 is 6.41 Å². The standard InChI is InChI=1S/C15H19N4O3/c20-12-19-5-4-18(13-2-1-3-16-10-13)11-14(19)15(21)17-6-8-22-9-7-17/h1-3,10,14H,4-9,11H2. The molecule has 2 saturated heterocycles. The van der Waals surface area contributed by atoms with Crippen LogP contribution >= 0.6 is 0 Å². The molecule has 22 heavy (non-hydrogen) atoms. The molecule has 0 aromatic carbocycles. The van der Waals surface area contributed by atoms with E-state index < -0.39 is 6.04 Å². The van der Waals surface area contributed by atoms with Gasteiger partial charge in [0.05, 0.1) is 25.1 Å². The predicted octanol–water partition coefficient (Wildman–Crippen LogP) is -0.502. The van der Waals surface area contributed by atoms with E-state index in [0.29, 0.717) is 45.9 Å². The van der Waals surface area contributed by atoms with Crippen LogP contribution in [0.4, 0.5) is 5.69 Å². The third-order valence-electron chi connectivity index (χ3n) is 4.12. The molecule has 2 aliphatic heterocycles. The summed E-state index contributed by atoms with van der Waals surface area (Å²) in [6, 6.07) is 3.33. The van der Waals surface area contributed by atoms with Gasteiger partial charge in [-0.15, -0.1) is 0 Å². The first kappa shape index (κ1) is 14.8. The Balaban J connectivity index is 1.74. The second-order valence-corrected chi connectivity index (χ2v) is 5.40. The number of piperazine rings is 1. The Hall–Kier alpha value is -2.15. The van der Waals surface area contributed by atoms with Gasteiger partial charge in [-0.2, -0.15) is 0 Å². The maximum absolute atomic E-state index is 12.7. The first-order valence-electron chi connectivity index (χ1n) is 7.45. The summed E-state index contributed by atoms with van der Waals surface area (Å²) < 4.78 is 5.28. The number of carbonyl (C=O) groups is 1. The van der Waals surface area contributed by atoms with Crippen molar-refractivity contribution in [2.75, 3.05) is 50.8 Å². The maximum atomic E-state index is 12.7. The summed E-state index contributed by atoms with van der Waals surface area (Å²) >= 11 is 0. The molecule has 1 radical (unpaired) electrons. The Morgan fingerprint density at radius 1 is 1.27 bits per heavy atom. The zero-order valence-corrected chi connectivity index (χ0v) is 12.4. The molecule has 0 spiro atoms. The van der Waals surface area contributed by atoms with E-state index in [1.165, 1.54) is 4.90 Å². The summed E-state index contributed by atoms with van der Waals surface area (Å²) in [5.41, 5.74) is 0.966. The molecule has 1 aromatic heterocycles. The molecule has 0 saturated carbocycles. The molecular formula is C15H19N4O3. The number of rotatable bonds is 3. The van der Waals surface area contributed by atoms with Crippen LogP contribution in [0.3, 0.4) is 0 Å². The zero-order chi connectivity index (χ0) is 15.4. The van der Waals surface area contributed by atoms with Crippen LogP contribution < -0.4 is 4.90 Å². The average Bonchev–Trinajstić information content (AvgIpc) is 2.62. The first-order chi connectivity index (χ1) is 10.8. The molecule has 0 aliphatic carbocycles. The molecule has 7 nitrogen and oxygen atoms in total. The zero-order valence-electron chi connectivity index (χ0n) is 12.4. The van der Waals surface area contributed by atoms with E-state index in [1.54, 1.807) is 17.3 Å². The second kappa shape index (κ2) is 6.74. The Labute approximate surface area is 129 Å². The highest BCUT2D eigenvalue weighted by Crippen LogP contribution is 2.18. The van der Waals surface area contributed by atoms with Gasteiger partial charge in [0.1, 0.15) is 6.04 Å².